The molecule has 0 saturated carbocycles. The van der Waals surface area contributed by atoms with Crippen LogP contribution in [0, 0.1) is 0 Å². The molecule has 0 saturated heterocycles. The van der Waals surface area contributed by atoms with Gasteiger partial charge in [-0.1, -0.05) is 30.8 Å². The maximum Gasteiger partial charge on any atom is 0.0471 e. The van der Waals surface area contributed by atoms with E-state index in [1.165, 1.54) is 11.1 Å². The van der Waals surface area contributed by atoms with Gasteiger partial charge in [-0.2, -0.15) is 0 Å². The van der Waals surface area contributed by atoms with Gasteiger partial charge in [0.2, 0.25) is 0 Å². The second-order valence-electron chi connectivity index (χ2n) is 3.38. The Morgan fingerprint density at radius 1 is 1.36 bits per heavy atom. The highest BCUT2D eigenvalue weighted by molar-refractivity contribution is 5.30. The molecule has 14 heavy (non-hydrogen) atoms. The van der Waals surface area contributed by atoms with Crippen LogP contribution in [0.5, 0.6) is 0 Å². The van der Waals surface area contributed by atoms with Crippen LogP contribution in [0.15, 0.2) is 42.1 Å². The highest BCUT2D eigenvalue weighted by atomic mass is 16.2. The van der Waals surface area contributed by atoms with Gasteiger partial charge >= 0.3 is 0 Å². The van der Waals surface area contributed by atoms with Crippen LogP contribution in [0.2, 0.25) is 0 Å². The minimum atomic E-state index is 0.202. The Hall–Kier alpha value is -1.30. The lowest BCUT2D eigenvalue weighted by Crippen LogP contribution is -1.97. The first-order chi connectivity index (χ1) is 6.77. The van der Waals surface area contributed by atoms with E-state index >= 15 is 0 Å². The second-order valence-corrected chi connectivity index (χ2v) is 3.38. The van der Waals surface area contributed by atoms with E-state index in [2.05, 4.69) is 24.4 Å². The summed E-state index contributed by atoms with van der Waals surface area (Å²) in [5.74, 6) is 0. The molecule has 0 fully saturated rings. The van der Waals surface area contributed by atoms with Crippen molar-refractivity contribution in [3.05, 3.63) is 53.3 Å². The molecule has 0 heterocycles. The molecule has 0 bridgehead atoms. The Morgan fingerprint density at radius 3 is 2.57 bits per heavy atom. The molecule has 74 valence electrons. The zero-order valence-corrected chi connectivity index (χ0v) is 8.59. The quantitative estimate of drug-likeness (QED) is 0.720. The minimum Gasteiger partial charge on any atom is -0.396 e. The summed E-state index contributed by atoms with van der Waals surface area (Å²) in [6.45, 7) is 5.84. The molecule has 1 N–H and O–H groups in total. The zero-order chi connectivity index (χ0) is 10.4. The molecule has 1 nitrogen and oxygen atoms in total. The first kappa shape index (κ1) is 10.8. The van der Waals surface area contributed by atoms with Crippen molar-refractivity contribution in [2.45, 2.75) is 19.8 Å². The maximum absolute atomic E-state index is 8.90. The van der Waals surface area contributed by atoms with Crippen LogP contribution in [0.3, 0.4) is 0 Å². The molecule has 1 rings (SSSR count). The third-order valence-electron chi connectivity index (χ3n) is 2.26. The highest BCUT2D eigenvalue weighted by Gasteiger charge is 2.01. The Labute approximate surface area is 85.4 Å². The number of aliphatic hydroxyl groups is 1. The molecule has 0 aliphatic rings. The maximum atomic E-state index is 8.90. The van der Waals surface area contributed by atoms with E-state index in [1.807, 2.05) is 19.1 Å². The molecule has 0 aromatic heterocycles. The third kappa shape index (κ3) is 2.88. The molecule has 0 aliphatic carbocycles. The minimum absolute atomic E-state index is 0.202. The van der Waals surface area contributed by atoms with Gasteiger partial charge in [0.25, 0.3) is 0 Å². The summed E-state index contributed by atoms with van der Waals surface area (Å²) in [5, 5.41) is 8.90. The largest absolute Gasteiger partial charge is 0.396 e. The van der Waals surface area contributed by atoms with E-state index < -0.39 is 0 Å². The number of aliphatic hydroxyl groups excluding tert-OH is 1. The normalized spacial score (nSPS) is 9.57. The lowest BCUT2D eigenvalue weighted by Gasteiger charge is -2.07. The van der Waals surface area contributed by atoms with E-state index in [0.29, 0.717) is 0 Å². The predicted molar refractivity (Wildman–Crippen MR) is 59.3 cm³/mol. The van der Waals surface area contributed by atoms with E-state index in [1.54, 1.807) is 0 Å². The molecule has 1 heteroatoms. The summed E-state index contributed by atoms with van der Waals surface area (Å²) in [5.41, 5.74) is 6.49. The average Bonchev–Trinajstić information content (AvgIpc) is 2.21. The SMILES string of the molecule is C=C=C(C)Cc1ccccc1CCO. The Kier molecular flexibility index (Phi) is 4.18. The average molecular weight is 188 g/mol. The van der Waals surface area contributed by atoms with Crippen molar-refractivity contribution in [1.82, 2.24) is 0 Å². The van der Waals surface area contributed by atoms with Crippen molar-refractivity contribution < 1.29 is 5.11 Å². The third-order valence-corrected chi connectivity index (χ3v) is 2.26. The summed E-state index contributed by atoms with van der Waals surface area (Å²) >= 11 is 0. The molecule has 0 amide bonds. The molecule has 0 unspecified atom stereocenters. The van der Waals surface area contributed by atoms with Crippen molar-refractivity contribution in [3.8, 4) is 0 Å². The topological polar surface area (TPSA) is 20.2 Å². The number of benzene rings is 1. The fourth-order valence-corrected chi connectivity index (χ4v) is 1.44. The fraction of sp³-hybridized carbons (Fsp3) is 0.308. The van der Waals surface area contributed by atoms with E-state index in [9.17, 15) is 0 Å². The number of allylic oxidation sites excluding steroid dienone is 1. The molecule has 0 atom stereocenters. The molecule has 0 radical (unpaired) electrons. The predicted octanol–water partition coefficient (Wildman–Crippen LogP) is 2.50. The van der Waals surface area contributed by atoms with E-state index in [4.69, 9.17) is 5.11 Å². The van der Waals surface area contributed by atoms with Gasteiger partial charge in [-0.05, 0) is 30.0 Å². The van der Waals surface area contributed by atoms with Crippen LogP contribution in [-0.4, -0.2) is 11.7 Å². The van der Waals surface area contributed by atoms with Crippen LogP contribution in [0.1, 0.15) is 18.1 Å². The number of hydrogen-bond acceptors (Lipinski definition) is 1. The molecule has 0 spiro atoms. The van der Waals surface area contributed by atoms with Gasteiger partial charge in [0.1, 0.15) is 0 Å². The first-order valence-corrected chi connectivity index (χ1v) is 4.81. The van der Waals surface area contributed by atoms with Gasteiger partial charge in [-0.3, -0.25) is 0 Å². The van der Waals surface area contributed by atoms with Gasteiger partial charge in [0, 0.05) is 13.0 Å². The van der Waals surface area contributed by atoms with Crippen molar-refractivity contribution in [1.29, 1.82) is 0 Å². The van der Waals surface area contributed by atoms with Crippen LogP contribution < -0.4 is 0 Å². The molecule has 1 aromatic rings. The summed E-state index contributed by atoms with van der Waals surface area (Å²) in [4.78, 5) is 0. The second kappa shape index (κ2) is 5.43. The van der Waals surface area contributed by atoms with Crippen molar-refractivity contribution >= 4 is 0 Å². The van der Waals surface area contributed by atoms with Crippen LogP contribution >= 0.6 is 0 Å². The number of hydrogen-bond donors (Lipinski definition) is 1. The molecular formula is C13H16O. The number of rotatable bonds is 4. The monoisotopic (exact) mass is 188 g/mol. The van der Waals surface area contributed by atoms with Gasteiger partial charge in [0.15, 0.2) is 0 Å². The summed E-state index contributed by atoms with van der Waals surface area (Å²) in [6.07, 6.45) is 1.60. The smallest absolute Gasteiger partial charge is 0.0471 e. The molecule has 0 aliphatic heterocycles. The van der Waals surface area contributed by atoms with Gasteiger partial charge in [0.05, 0.1) is 0 Å². The van der Waals surface area contributed by atoms with E-state index in [-0.39, 0.29) is 6.61 Å². The van der Waals surface area contributed by atoms with Gasteiger partial charge < -0.3 is 5.11 Å². The Bertz CT molecular complexity index is 346. The van der Waals surface area contributed by atoms with Crippen molar-refractivity contribution in [2.24, 2.45) is 0 Å². The molecule has 1 aromatic carbocycles. The van der Waals surface area contributed by atoms with Gasteiger partial charge in [-0.15, -0.1) is 5.73 Å². The Morgan fingerprint density at radius 2 is 2.00 bits per heavy atom. The lowest BCUT2D eigenvalue weighted by molar-refractivity contribution is 0.299. The van der Waals surface area contributed by atoms with Crippen LogP contribution in [0.4, 0.5) is 0 Å². The highest BCUT2D eigenvalue weighted by Crippen LogP contribution is 2.13. The van der Waals surface area contributed by atoms with Crippen molar-refractivity contribution in [2.75, 3.05) is 6.61 Å². The van der Waals surface area contributed by atoms with Crippen LogP contribution in [-0.2, 0) is 12.8 Å². The first-order valence-electron chi connectivity index (χ1n) is 4.81. The van der Waals surface area contributed by atoms with Crippen LogP contribution in [0.25, 0.3) is 0 Å². The van der Waals surface area contributed by atoms with E-state index in [0.717, 1.165) is 18.4 Å². The fourth-order valence-electron chi connectivity index (χ4n) is 1.44. The van der Waals surface area contributed by atoms with Crippen molar-refractivity contribution in [3.63, 3.8) is 0 Å². The summed E-state index contributed by atoms with van der Waals surface area (Å²) in [7, 11) is 0. The summed E-state index contributed by atoms with van der Waals surface area (Å²) < 4.78 is 0. The standard InChI is InChI=1S/C13H16O/c1-3-11(2)10-13-7-5-4-6-12(13)8-9-14/h4-7,14H,1,8-10H2,2H3. The molecular weight excluding hydrogens is 172 g/mol. The van der Waals surface area contributed by atoms with Gasteiger partial charge in [-0.25, -0.2) is 0 Å². The summed E-state index contributed by atoms with van der Waals surface area (Å²) in [6, 6.07) is 8.17. The zero-order valence-electron chi connectivity index (χ0n) is 8.59. The lowest BCUT2D eigenvalue weighted by atomic mass is 9.99. The Balaban J connectivity index is 2.89.